The molecule has 0 atom stereocenters. The molecule has 0 aliphatic carbocycles. The van der Waals surface area contributed by atoms with Crippen LogP contribution in [0.2, 0.25) is 0 Å². The average molecular weight is 524 g/mol. The number of benzene rings is 2. The second-order valence-corrected chi connectivity index (χ2v) is 10.8. The summed E-state index contributed by atoms with van der Waals surface area (Å²) >= 11 is 0. The minimum atomic E-state index is -10.7. The number of hydrogen-bond donors (Lipinski definition) is 0. The number of aromatic nitrogens is 2. The maximum absolute atomic E-state index is 10.7. The molecule has 2 aromatic carbocycles. The average Bonchev–Trinajstić information content (AvgIpc) is 2.45. The van der Waals surface area contributed by atoms with Crippen molar-refractivity contribution in [1.29, 1.82) is 0 Å². The summed E-state index contributed by atoms with van der Waals surface area (Å²) in [4.78, 5) is 0. The number of aryl methyl sites for hydroxylation is 2. The maximum atomic E-state index is 9.87. The molecule has 4 aromatic rings. The van der Waals surface area contributed by atoms with Crippen LogP contribution in [0.4, 0.5) is 50.4 Å². The van der Waals surface area contributed by atoms with Gasteiger partial charge in [0.1, 0.15) is 14.1 Å². The molecule has 16 heteroatoms. The van der Waals surface area contributed by atoms with Crippen LogP contribution in [0.25, 0.3) is 32.3 Å². The fraction of sp³-hybridized carbons (Fsp3) is 0.125. The second-order valence-electron chi connectivity index (χ2n) is 7.00. The standard InChI is InChI=1S/C16H14N2.2F6P/c1-17-7-11-3-5-13-9-18(2)10-14-6-4-12(8-17)15(11)16(13)14;2*1-7(2,3,4,5)6/h3-10H,1-2H3;;/q+2;2*-1. The number of hydrogen-bond acceptors (Lipinski definition) is 0. The minimum absolute atomic E-state index is 1.31. The summed E-state index contributed by atoms with van der Waals surface area (Å²) in [6.07, 6.45) is 8.75. The van der Waals surface area contributed by atoms with Gasteiger partial charge in [-0.2, -0.15) is 0 Å². The zero-order valence-electron chi connectivity index (χ0n) is 15.9. The van der Waals surface area contributed by atoms with Gasteiger partial charge in [-0.05, 0) is 24.3 Å². The normalized spacial score (nSPS) is 16.8. The van der Waals surface area contributed by atoms with Crippen molar-refractivity contribution in [3.8, 4) is 0 Å². The van der Waals surface area contributed by atoms with Gasteiger partial charge in [0, 0.05) is 32.3 Å². The monoisotopic (exact) mass is 524 g/mol. The van der Waals surface area contributed by atoms with Crippen LogP contribution in [0.15, 0.2) is 49.1 Å². The molecule has 0 aliphatic rings. The van der Waals surface area contributed by atoms with E-state index in [0.717, 1.165) is 0 Å². The Morgan fingerprint density at radius 3 is 0.750 bits per heavy atom. The van der Waals surface area contributed by atoms with Crippen molar-refractivity contribution in [2.75, 3.05) is 0 Å². The molecular formula is C16H14F12N2P2. The quantitative estimate of drug-likeness (QED) is 0.0939. The van der Waals surface area contributed by atoms with Gasteiger partial charge >= 0.3 is 66.0 Å². The molecule has 0 saturated carbocycles. The van der Waals surface area contributed by atoms with Crippen molar-refractivity contribution in [2.24, 2.45) is 14.1 Å². The molecule has 0 saturated heterocycles. The van der Waals surface area contributed by atoms with E-state index in [1.807, 2.05) is 0 Å². The first kappa shape index (κ1) is 26.1. The third-order valence-corrected chi connectivity index (χ3v) is 3.66. The molecule has 0 bridgehead atoms. The molecule has 0 radical (unpaired) electrons. The van der Waals surface area contributed by atoms with Crippen LogP contribution in [-0.4, -0.2) is 0 Å². The van der Waals surface area contributed by atoms with E-state index >= 15 is 0 Å². The van der Waals surface area contributed by atoms with Crippen molar-refractivity contribution >= 4 is 47.9 Å². The summed E-state index contributed by atoms with van der Waals surface area (Å²) in [5, 5.41) is 7.99. The van der Waals surface area contributed by atoms with Crippen LogP contribution in [0.1, 0.15) is 0 Å². The topological polar surface area (TPSA) is 7.76 Å². The second kappa shape index (κ2) is 6.22. The predicted octanol–water partition coefficient (Wildman–Crippen LogP) is 9.00. The summed E-state index contributed by atoms with van der Waals surface area (Å²) in [6.45, 7) is 0. The molecule has 0 fully saturated rings. The Morgan fingerprint density at radius 1 is 0.438 bits per heavy atom. The fourth-order valence-electron chi connectivity index (χ4n) is 2.99. The Morgan fingerprint density at radius 2 is 0.594 bits per heavy atom. The molecule has 0 amide bonds. The van der Waals surface area contributed by atoms with E-state index in [1.165, 1.54) is 32.3 Å². The third-order valence-electron chi connectivity index (χ3n) is 3.66. The van der Waals surface area contributed by atoms with E-state index in [-0.39, 0.29) is 0 Å². The van der Waals surface area contributed by atoms with Crippen molar-refractivity contribution in [3.05, 3.63) is 49.1 Å². The van der Waals surface area contributed by atoms with E-state index < -0.39 is 15.6 Å². The van der Waals surface area contributed by atoms with Crippen LogP contribution in [0, 0.1) is 0 Å². The Bertz CT molecular complexity index is 1120. The Hall–Kier alpha value is -2.20. The number of rotatable bonds is 0. The van der Waals surface area contributed by atoms with E-state index in [2.05, 4.69) is 72.3 Å². The van der Waals surface area contributed by atoms with Gasteiger partial charge in [-0.3, -0.25) is 0 Å². The Labute approximate surface area is 171 Å². The van der Waals surface area contributed by atoms with E-state index in [1.54, 1.807) is 0 Å². The summed E-state index contributed by atoms with van der Waals surface area (Å²) in [5.74, 6) is 0. The molecule has 2 nitrogen and oxygen atoms in total. The molecule has 4 rings (SSSR count). The molecule has 2 aromatic heterocycles. The summed E-state index contributed by atoms with van der Waals surface area (Å²) < 4.78 is 123. The van der Waals surface area contributed by atoms with Gasteiger partial charge < -0.3 is 0 Å². The number of halogens is 12. The molecule has 0 aliphatic heterocycles. The Balaban J connectivity index is 0.000000218. The van der Waals surface area contributed by atoms with Gasteiger partial charge in [0.2, 0.25) is 0 Å². The van der Waals surface area contributed by atoms with E-state index in [0.29, 0.717) is 0 Å². The number of pyridine rings is 2. The van der Waals surface area contributed by atoms with Gasteiger partial charge in [-0.15, -0.1) is 0 Å². The van der Waals surface area contributed by atoms with Crippen molar-refractivity contribution in [1.82, 2.24) is 0 Å². The molecule has 32 heavy (non-hydrogen) atoms. The molecule has 0 spiro atoms. The first-order valence-corrected chi connectivity index (χ1v) is 12.2. The molecule has 0 unspecified atom stereocenters. The van der Waals surface area contributed by atoms with Crippen molar-refractivity contribution in [2.45, 2.75) is 0 Å². The van der Waals surface area contributed by atoms with Gasteiger partial charge in [0.05, 0.1) is 0 Å². The summed E-state index contributed by atoms with van der Waals surface area (Å²) in [7, 11) is -17.2. The zero-order chi connectivity index (χ0) is 25.1. The van der Waals surface area contributed by atoms with Gasteiger partial charge in [0.25, 0.3) is 0 Å². The first-order chi connectivity index (χ1) is 13.6. The van der Waals surface area contributed by atoms with Crippen LogP contribution in [0.3, 0.4) is 0 Å². The first-order valence-electron chi connectivity index (χ1n) is 8.18. The van der Waals surface area contributed by atoms with Crippen molar-refractivity contribution < 1.29 is 59.5 Å². The van der Waals surface area contributed by atoms with Crippen molar-refractivity contribution in [3.63, 3.8) is 0 Å². The molecule has 0 N–H and O–H groups in total. The van der Waals surface area contributed by atoms with Gasteiger partial charge in [-0.1, -0.05) is 0 Å². The van der Waals surface area contributed by atoms with Crippen LogP contribution in [-0.2, 0) is 14.1 Å². The molecule has 182 valence electrons. The SMILES string of the molecule is C[n+]1cc2ccc3c[n+](C)cc4ccc(c1)c2c34.F[P-](F)(F)(F)(F)F.F[P-](F)(F)(F)(F)F. The van der Waals surface area contributed by atoms with Gasteiger partial charge in [0.15, 0.2) is 24.8 Å². The summed E-state index contributed by atoms with van der Waals surface area (Å²) in [5.41, 5.74) is 0. The molecule has 2 heterocycles. The fourth-order valence-corrected chi connectivity index (χ4v) is 2.99. The van der Waals surface area contributed by atoms with E-state index in [4.69, 9.17) is 0 Å². The summed E-state index contributed by atoms with van der Waals surface area (Å²) in [6, 6.07) is 8.85. The Kier molecular flexibility index (Phi) is 5.07. The van der Waals surface area contributed by atoms with E-state index in [9.17, 15) is 50.4 Å². The predicted molar refractivity (Wildman–Crippen MR) is 99.6 cm³/mol. The van der Waals surface area contributed by atoms with Crippen LogP contribution in [0.5, 0.6) is 0 Å². The van der Waals surface area contributed by atoms with Crippen LogP contribution >= 0.6 is 15.6 Å². The third kappa shape index (κ3) is 10.4. The van der Waals surface area contributed by atoms with Gasteiger partial charge in [-0.25, -0.2) is 9.13 Å². The zero-order valence-corrected chi connectivity index (χ0v) is 17.7. The number of nitrogens with zero attached hydrogens (tertiary/aromatic N) is 2. The van der Waals surface area contributed by atoms with Crippen LogP contribution < -0.4 is 9.13 Å². The molecular weight excluding hydrogens is 510 g/mol.